The molecule has 0 fully saturated rings. The fourth-order valence-electron chi connectivity index (χ4n) is 2.69. The van der Waals surface area contributed by atoms with Gasteiger partial charge < -0.3 is 10.6 Å². The molecule has 3 aromatic rings. The van der Waals surface area contributed by atoms with Crippen LogP contribution in [0.15, 0.2) is 54.6 Å². The second-order valence-corrected chi connectivity index (χ2v) is 6.36. The minimum atomic E-state index is -0.237. The molecule has 26 heavy (non-hydrogen) atoms. The first-order valence-corrected chi connectivity index (χ1v) is 8.53. The summed E-state index contributed by atoms with van der Waals surface area (Å²) in [4.78, 5) is 12.3. The number of aromatic nitrogens is 2. The van der Waals surface area contributed by atoms with Crippen molar-refractivity contribution in [1.82, 2.24) is 15.5 Å². The second kappa shape index (κ2) is 7.78. The van der Waals surface area contributed by atoms with Crippen LogP contribution in [0.5, 0.6) is 0 Å². The molecule has 3 rings (SSSR count). The molecule has 1 heterocycles. The van der Waals surface area contributed by atoms with Crippen LogP contribution in [0.25, 0.3) is 0 Å². The van der Waals surface area contributed by atoms with Crippen molar-refractivity contribution in [1.29, 1.82) is 0 Å². The van der Waals surface area contributed by atoms with Gasteiger partial charge in [0.1, 0.15) is 0 Å². The first kappa shape index (κ1) is 17.6. The largest absolute Gasteiger partial charge is 0.347 e. The van der Waals surface area contributed by atoms with Crippen LogP contribution < -0.4 is 10.6 Å². The Hall–Kier alpha value is -3.21. The number of aryl methyl sites for hydroxylation is 3. The standard InChI is InChI=1S/C21H22N4O/c1-14-8-9-18(16(3)12-14)23-20-11-10-19(24-25-20)21(26)22-13-17-7-5-4-6-15(17)2/h4-12H,13H2,1-3H3,(H,22,26)(H,23,25). The number of hydrogen-bond acceptors (Lipinski definition) is 4. The highest BCUT2D eigenvalue weighted by atomic mass is 16.1. The van der Waals surface area contributed by atoms with E-state index in [-0.39, 0.29) is 5.91 Å². The molecule has 0 aliphatic rings. The molecule has 2 N–H and O–H groups in total. The van der Waals surface area contributed by atoms with Crippen LogP contribution in [0, 0.1) is 20.8 Å². The van der Waals surface area contributed by atoms with Gasteiger partial charge in [0.05, 0.1) is 0 Å². The second-order valence-electron chi connectivity index (χ2n) is 6.36. The molecule has 5 heteroatoms. The molecule has 0 unspecified atom stereocenters. The lowest BCUT2D eigenvalue weighted by Crippen LogP contribution is -2.24. The monoisotopic (exact) mass is 346 g/mol. The molecule has 0 atom stereocenters. The molecule has 2 aromatic carbocycles. The summed E-state index contributed by atoms with van der Waals surface area (Å²) in [5.41, 5.74) is 5.84. The van der Waals surface area contributed by atoms with E-state index < -0.39 is 0 Å². The average Bonchev–Trinajstić information content (AvgIpc) is 2.64. The number of carbonyl (C=O) groups is 1. The molecule has 0 saturated heterocycles. The molecule has 0 radical (unpaired) electrons. The SMILES string of the molecule is Cc1ccc(Nc2ccc(C(=O)NCc3ccccc3C)nn2)c(C)c1. The number of hydrogen-bond donors (Lipinski definition) is 2. The van der Waals surface area contributed by atoms with Crippen molar-refractivity contribution in [3.8, 4) is 0 Å². The maximum Gasteiger partial charge on any atom is 0.272 e. The van der Waals surface area contributed by atoms with E-state index in [2.05, 4.69) is 33.8 Å². The number of nitrogens with one attached hydrogen (secondary N) is 2. The summed E-state index contributed by atoms with van der Waals surface area (Å²) in [5.74, 6) is 0.367. The summed E-state index contributed by atoms with van der Waals surface area (Å²) < 4.78 is 0. The molecule has 132 valence electrons. The van der Waals surface area contributed by atoms with E-state index in [0.29, 0.717) is 18.1 Å². The van der Waals surface area contributed by atoms with E-state index in [1.54, 1.807) is 12.1 Å². The molecule has 0 aliphatic carbocycles. The van der Waals surface area contributed by atoms with Crippen LogP contribution in [-0.2, 0) is 6.54 Å². The summed E-state index contributed by atoms with van der Waals surface area (Å²) in [5, 5.41) is 14.2. The highest BCUT2D eigenvalue weighted by molar-refractivity contribution is 5.92. The predicted molar refractivity (Wildman–Crippen MR) is 104 cm³/mol. The minimum absolute atomic E-state index is 0.237. The van der Waals surface area contributed by atoms with Gasteiger partial charge >= 0.3 is 0 Å². The quantitative estimate of drug-likeness (QED) is 0.731. The lowest BCUT2D eigenvalue weighted by molar-refractivity contribution is 0.0945. The van der Waals surface area contributed by atoms with Gasteiger partial charge in [0.2, 0.25) is 0 Å². The van der Waals surface area contributed by atoms with E-state index in [1.807, 2.05) is 50.2 Å². The van der Waals surface area contributed by atoms with E-state index in [9.17, 15) is 4.79 Å². The zero-order valence-corrected chi connectivity index (χ0v) is 15.2. The van der Waals surface area contributed by atoms with Gasteiger partial charge in [-0.2, -0.15) is 0 Å². The van der Waals surface area contributed by atoms with Crippen molar-refractivity contribution in [3.63, 3.8) is 0 Å². The van der Waals surface area contributed by atoms with Crippen LogP contribution in [-0.4, -0.2) is 16.1 Å². The Morgan fingerprint density at radius 3 is 2.42 bits per heavy atom. The van der Waals surface area contributed by atoms with Gasteiger partial charge in [-0.3, -0.25) is 4.79 Å². The highest BCUT2D eigenvalue weighted by Gasteiger charge is 2.09. The van der Waals surface area contributed by atoms with Crippen molar-refractivity contribution in [2.75, 3.05) is 5.32 Å². The molecule has 0 aliphatic heterocycles. The van der Waals surface area contributed by atoms with Gasteiger partial charge in [-0.05, 0) is 55.7 Å². The summed E-state index contributed by atoms with van der Waals surface area (Å²) in [6.45, 7) is 6.58. The molecule has 1 amide bonds. The number of rotatable bonds is 5. The van der Waals surface area contributed by atoms with Crippen LogP contribution >= 0.6 is 0 Å². The lowest BCUT2D eigenvalue weighted by atomic mass is 10.1. The summed E-state index contributed by atoms with van der Waals surface area (Å²) in [6.07, 6.45) is 0. The van der Waals surface area contributed by atoms with Crippen LogP contribution in [0.2, 0.25) is 0 Å². The smallest absolute Gasteiger partial charge is 0.272 e. The Balaban J connectivity index is 1.63. The van der Waals surface area contributed by atoms with Gasteiger partial charge in [0.15, 0.2) is 11.5 Å². The fraction of sp³-hybridized carbons (Fsp3) is 0.190. The molecule has 5 nitrogen and oxygen atoms in total. The van der Waals surface area contributed by atoms with Gasteiger partial charge in [0.25, 0.3) is 5.91 Å². The third kappa shape index (κ3) is 4.25. The fourth-order valence-corrected chi connectivity index (χ4v) is 2.69. The first-order valence-electron chi connectivity index (χ1n) is 8.53. The third-order valence-electron chi connectivity index (χ3n) is 4.24. The van der Waals surface area contributed by atoms with Crippen molar-refractivity contribution >= 4 is 17.4 Å². The van der Waals surface area contributed by atoms with Crippen LogP contribution in [0.3, 0.4) is 0 Å². The molecule has 1 aromatic heterocycles. The maximum absolute atomic E-state index is 12.3. The van der Waals surface area contributed by atoms with Crippen molar-refractivity contribution in [2.24, 2.45) is 0 Å². The average molecular weight is 346 g/mol. The summed E-state index contributed by atoms with van der Waals surface area (Å²) in [7, 11) is 0. The molecule has 0 bridgehead atoms. The minimum Gasteiger partial charge on any atom is -0.347 e. The number of benzene rings is 2. The zero-order chi connectivity index (χ0) is 18.5. The Morgan fingerprint density at radius 2 is 1.73 bits per heavy atom. The van der Waals surface area contributed by atoms with Crippen molar-refractivity contribution in [2.45, 2.75) is 27.3 Å². The number of carbonyl (C=O) groups excluding carboxylic acids is 1. The predicted octanol–water partition coefficient (Wildman–Crippen LogP) is 4.08. The van der Waals surface area contributed by atoms with Crippen LogP contribution in [0.4, 0.5) is 11.5 Å². The Labute approximate surface area is 153 Å². The third-order valence-corrected chi connectivity index (χ3v) is 4.24. The topological polar surface area (TPSA) is 66.9 Å². The van der Waals surface area contributed by atoms with E-state index in [4.69, 9.17) is 0 Å². The first-order chi connectivity index (χ1) is 12.5. The van der Waals surface area contributed by atoms with Crippen LogP contribution in [0.1, 0.15) is 32.7 Å². The van der Waals surface area contributed by atoms with Gasteiger partial charge in [0, 0.05) is 12.2 Å². The highest BCUT2D eigenvalue weighted by Crippen LogP contribution is 2.19. The lowest BCUT2D eigenvalue weighted by Gasteiger charge is -2.10. The number of anilines is 2. The number of amides is 1. The Kier molecular flexibility index (Phi) is 5.27. The van der Waals surface area contributed by atoms with Gasteiger partial charge in [-0.1, -0.05) is 42.0 Å². The molecule has 0 spiro atoms. The van der Waals surface area contributed by atoms with E-state index >= 15 is 0 Å². The van der Waals surface area contributed by atoms with E-state index in [0.717, 1.165) is 22.4 Å². The molecular weight excluding hydrogens is 324 g/mol. The summed E-state index contributed by atoms with van der Waals surface area (Å²) >= 11 is 0. The normalized spacial score (nSPS) is 10.4. The number of nitrogens with zero attached hydrogens (tertiary/aromatic N) is 2. The summed E-state index contributed by atoms with van der Waals surface area (Å²) in [6, 6.07) is 17.5. The maximum atomic E-state index is 12.3. The Morgan fingerprint density at radius 1 is 0.923 bits per heavy atom. The van der Waals surface area contributed by atoms with Crippen molar-refractivity contribution < 1.29 is 4.79 Å². The van der Waals surface area contributed by atoms with Gasteiger partial charge in [-0.25, -0.2) is 0 Å². The molecular formula is C21H22N4O. The van der Waals surface area contributed by atoms with Crippen molar-refractivity contribution in [3.05, 3.63) is 82.5 Å². The molecule has 0 saturated carbocycles. The Bertz CT molecular complexity index is 920. The van der Waals surface area contributed by atoms with E-state index in [1.165, 1.54) is 5.56 Å². The zero-order valence-electron chi connectivity index (χ0n) is 15.2. The van der Waals surface area contributed by atoms with Gasteiger partial charge in [-0.15, -0.1) is 10.2 Å².